The molecule has 0 atom stereocenters. The molecule has 0 amide bonds. The van der Waals surface area contributed by atoms with Crippen molar-refractivity contribution in [3.8, 4) is 0 Å². The van der Waals surface area contributed by atoms with Gasteiger partial charge in [-0.1, -0.05) is 29.8 Å². The number of anilines is 1. The van der Waals surface area contributed by atoms with Crippen molar-refractivity contribution in [3.63, 3.8) is 0 Å². The molecule has 0 aliphatic heterocycles. The number of benzene rings is 2. The highest BCUT2D eigenvalue weighted by molar-refractivity contribution is 14.1. The van der Waals surface area contributed by atoms with Crippen molar-refractivity contribution in [2.75, 3.05) is 5.32 Å². The predicted molar refractivity (Wildman–Crippen MR) is 85.4 cm³/mol. The molecule has 1 N–H and O–H groups in total. The van der Waals surface area contributed by atoms with E-state index in [0.29, 0.717) is 0 Å². The first-order chi connectivity index (χ1) is 8.15. The van der Waals surface area contributed by atoms with Crippen LogP contribution < -0.4 is 5.32 Å². The van der Waals surface area contributed by atoms with Crippen LogP contribution in [-0.4, -0.2) is 0 Å². The van der Waals surface area contributed by atoms with Crippen molar-refractivity contribution in [1.29, 1.82) is 0 Å². The second-order valence-electron chi connectivity index (χ2n) is 3.96. The molecule has 88 valence electrons. The van der Waals surface area contributed by atoms with Crippen LogP contribution in [0.15, 0.2) is 46.9 Å². The van der Waals surface area contributed by atoms with E-state index in [1.165, 1.54) is 14.7 Å². The topological polar surface area (TPSA) is 12.0 Å². The average molecular weight is 402 g/mol. The summed E-state index contributed by atoms with van der Waals surface area (Å²) in [6.07, 6.45) is 0. The summed E-state index contributed by atoms with van der Waals surface area (Å²) in [7, 11) is 0. The van der Waals surface area contributed by atoms with Gasteiger partial charge in [0.05, 0.1) is 0 Å². The van der Waals surface area contributed by atoms with Crippen LogP contribution in [0.5, 0.6) is 0 Å². The number of halogens is 2. The minimum atomic E-state index is 0.846. The summed E-state index contributed by atoms with van der Waals surface area (Å²) in [4.78, 5) is 0. The second-order valence-corrected chi connectivity index (χ2v) is 6.06. The van der Waals surface area contributed by atoms with E-state index >= 15 is 0 Å². The summed E-state index contributed by atoms with van der Waals surface area (Å²) in [6.45, 7) is 2.95. The smallest absolute Gasteiger partial charge is 0.0497 e. The molecule has 0 aromatic heterocycles. The molecule has 0 heterocycles. The van der Waals surface area contributed by atoms with Gasteiger partial charge in [0.2, 0.25) is 0 Å². The number of rotatable bonds is 3. The lowest BCUT2D eigenvalue weighted by Crippen LogP contribution is -2.00. The van der Waals surface area contributed by atoms with Gasteiger partial charge in [-0.2, -0.15) is 0 Å². The van der Waals surface area contributed by atoms with Crippen LogP contribution in [0.3, 0.4) is 0 Å². The minimum absolute atomic E-state index is 0.846. The first-order valence-corrected chi connectivity index (χ1v) is 7.27. The molecule has 0 aliphatic rings. The Morgan fingerprint density at radius 1 is 1.12 bits per heavy atom. The Labute approximate surface area is 124 Å². The Morgan fingerprint density at radius 2 is 1.82 bits per heavy atom. The Bertz CT molecular complexity index is 508. The number of nitrogens with one attached hydrogen (secondary N) is 1. The molecule has 1 nitrogen and oxygen atoms in total. The summed E-state index contributed by atoms with van der Waals surface area (Å²) >= 11 is 5.87. The van der Waals surface area contributed by atoms with Crippen LogP contribution in [0, 0.1) is 10.5 Å². The van der Waals surface area contributed by atoms with E-state index in [1.54, 1.807) is 0 Å². The zero-order chi connectivity index (χ0) is 12.3. The quantitative estimate of drug-likeness (QED) is 0.715. The third-order valence-corrected chi connectivity index (χ3v) is 3.89. The third kappa shape index (κ3) is 3.71. The van der Waals surface area contributed by atoms with Gasteiger partial charge in [-0.25, -0.2) is 0 Å². The standard InChI is InChI=1S/C14H13BrIN/c1-10-2-4-11(5-3-10)9-17-14-8-12(16)6-7-13(14)15/h2-8,17H,9H2,1H3. The van der Waals surface area contributed by atoms with Gasteiger partial charge in [-0.15, -0.1) is 0 Å². The van der Waals surface area contributed by atoms with E-state index in [2.05, 4.69) is 93.2 Å². The second kappa shape index (κ2) is 5.87. The summed E-state index contributed by atoms with van der Waals surface area (Å²) < 4.78 is 2.34. The third-order valence-electron chi connectivity index (χ3n) is 2.53. The molecule has 3 heteroatoms. The zero-order valence-electron chi connectivity index (χ0n) is 9.50. The number of aryl methyl sites for hydroxylation is 1. The minimum Gasteiger partial charge on any atom is -0.380 e. The van der Waals surface area contributed by atoms with E-state index in [4.69, 9.17) is 0 Å². The number of hydrogen-bond acceptors (Lipinski definition) is 1. The van der Waals surface area contributed by atoms with E-state index in [1.807, 2.05) is 0 Å². The van der Waals surface area contributed by atoms with Gasteiger partial charge in [0.15, 0.2) is 0 Å². The van der Waals surface area contributed by atoms with E-state index < -0.39 is 0 Å². The fourth-order valence-electron chi connectivity index (χ4n) is 1.54. The van der Waals surface area contributed by atoms with Crippen LogP contribution in [0.25, 0.3) is 0 Å². The van der Waals surface area contributed by atoms with Crippen molar-refractivity contribution in [3.05, 3.63) is 61.6 Å². The molecule has 2 rings (SSSR count). The van der Waals surface area contributed by atoms with Crippen LogP contribution in [0.4, 0.5) is 5.69 Å². The van der Waals surface area contributed by atoms with Gasteiger partial charge in [-0.3, -0.25) is 0 Å². The normalized spacial score (nSPS) is 10.3. The summed E-state index contributed by atoms with van der Waals surface area (Å²) in [5.41, 5.74) is 3.73. The molecule has 0 saturated carbocycles. The van der Waals surface area contributed by atoms with Crippen LogP contribution in [-0.2, 0) is 6.54 Å². The highest BCUT2D eigenvalue weighted by Crippen LogP contribution is 2.24. The highest BCUT2D eigenvalue weighted by Gasteiger charge is 2.00. The fraction of sp³-hybridized carbons (Fsp3) is 0.143. The maximum Gasteiger partial charge on any atom is 0.0497 e. The summed E-state index contributed by atoms with van der Waals surface area (Å²) in [5, 5.41) is 3.44. The van der Waals surface area contributed by atoms with Crippen molar-refractivity contribution in [1.82, 2.24) is 0 Å². The van der Waals surface area contributed by atoms with Gasteiger partial charge in [0.1, 0.15) is 0 Å². The first kappa shape index (κ1) is 12.9. The molecule has 2 aromatic rings. The van der Waals surface area contributed by atoms with Crippen LogP contribution in [0.1, 0.15) is 11.1 Å². The lowest BCUT2D eigenvalue weighted by molar-refractivity contribution is 1.14. The molecular formula is C14H13BrIN. The molecule has 0 bridgehead atoms. The Morgan fingerprint density at radius 3 is 2.53 bits per heavy atom. The summed E-state index contributed by atoms with van der Waals surface area (Å²) in [5.74, 6) is 0. The van der Waals surface area contributed by atoms with Crippen LogP contribution in [0.2, 0.25) is 0 Å². The van der Waals surface area contributed by atoms with Crippen LogP contribution >= 0.6 is 38.5 Å². The van der Waals surface area contributed by atoms with Crippen molar-refractivity contribution in [2.24, 2.45) is 0 Å². The Balaban J connectivity index is 2.07. The lowest BCUT2D eigenvalue weighted by atomic mass is 10.1. The largest absolute Gasteiger partial charge is 0.380 e. The van der Waals surface area contributed by atoms with Gasteiger partial charge < -0.3 is 5.32 Å². The molecule has 2 aromatic carbocycles. The van der Waals surface area contributed by atoms with Gasteiger partial charge >= 0.3 is 0 Å². The zero-order valence-corrected chi connectivity index (χ0v) is 13.2. The van der Waals surface area contributed by atoms with E-state index in [0.717, 1.165) is 16.7 Å². The average Bonchev–Trinajstić information content (AvgIpc) is 2.32. The molecule has 0 aliphatic carbocycles. The van der Waals surface area contributed by atoms with Crippen molar-refractivity contribution >= 4 is 44.2 Å². The maximum atomic E-state index is 3.55. The molecule has 0 fully saturated rings. The molecule has 0 radical (unpaired) electrons. The first-order valence-electron chi connectivity index (χ1n) is 5.39. The predicted octanol–water partition coefficient (Wildman–Crippen LogP) is 4.97. The van der Waals surface area contributed by atoms with Gasteiger partial charge in [-0.05, 0) is 69.2 Å². The lowest BCUT2D eigenvalue weighted by Gasteiger charge is -2.09. The summed E-state index contributed by atoms with van der Waals surface area (Å²) in [6, 6.07) is 14.9. The van der Waals surface area contributed by atoms with Crippen molar-refractivity contribution in [2.45, 2.75) is 13.5 Å². The van der Waals surface area contributed by atoms with Gasteiger partial charge in [0, 0.05) is 20.3 Å². The molecule has 17 heavy (non-hydrogen) atoms. The Hall–Kier alpha value is -0.550. The highest BCUT2D eigenvalue weighted by atomic mass is 127. The Kier molecular flexibility index (Phi) is 4.45. The van der Waals surface area contributed by atoms with Crippen molar-refractivity contribution < 1.29 is 0 Å². The SMILES string of the molecule is Cc1ccc(CNc2cc(I)ccc2Br)cc1. The molecule has 0 spiro atoms. The van der Waals surface area contributed by atoms with E-state index in [9.17, 15) is 0 Å². The fourth-order valence-corrected chi connectivity index (χ4v) is 2.41. The molecular weight excluding hydrogens is 389 g/mol. The molecule has 0 saturated heterocycles. The van der Waals surface area contributed by atoms with E-state index in [-0.39, 0.29) is 0 Å². The monoisotopic (exact) mass is 401 g/mol. The van der Waals surface area contributed by atoms with Gasteiger partial charge in [0.25, 0.3) is 0 Å². The number of hydrogen-bond donors (Lipinski definition) is 1. The maximum absolute atomic E-state index is 3.55. The molecule has 0 unspecified atom stereocenters.